The lowest BCUT2D eigenvalue weighted by Gasteiger charge is -2.34. The van der Waals surface area contributed by atoms with Crippen molar-refractivity contribution in [3.05, 3.63) is 24.3 Å². The third-order valence-electron chi connectivity index (χ3n) is 4.70. The first-order chi connectivity index (χ1) is 12.5. The summed E-state index contributed by atoms with van der Waals surface area (Å²) >= 11 is 0. The monoisotopic (exact) mass is 399 g/mol. The molecule has 0 spiro atoms. The van der Waals surface area contributed by atoms with E-state index in [1.165, 1.54) is 17.6 Å². The van der Waals surface area contributed by atoms with Gasteiger partial charge in [0.15, 0.2) is 14.6 Å². The van der Waals surface area contributed by atoms with Crippen LogP contribution in [0.15, 0.2) is 29.2 Å². The highest BCUT2D eigenvalue weighted by molar-refractivity contribution is 7.93. The van der Waals surface area contributed by atoms with Gasteiger partial charge in [-0.15, -0.1) is 0 Å². The van der Waals surface area contributed by atoms with E-state index in [2.05, 4.69) is 20.8 Å². The largest absolute Gasteiger partial charge is 0.491 e. The van der Waals surface area contributed by atoms with Crippen LogP contribution in [0.2, 0.25) is 0 Å². The Kier molecular flexibility index (Phi) is 6.55. The summed E-state index contributed by atoms with van der Waals surface area (Å²) in [4.78, 5) is 12.3. The maximum atomic E-state index is 13.2. The minimum absolute atomic E-state index is 0.0113. The third kappa shape index (κ3) is 4.80. The zero-order valence-electron chi connectivity index (χ0n) is 16.3. The van der Waals surface area contributed by atoms with Crippen LogP contribution in [0.4, 0.5) is 0 Å². The van der Waals surface area contributed by atoms with Gasteiger partial charge in [-0.3, -0.25) is 10.0 Å². The molecule has 0 aliphatic carbocycles. The molecule has 8 heteroatoms. The van der Waals surface area contributed by atoms with Crippen molar-refractivity contribution < 1.29 is 27.9 Å². The fourth-order valence-electron chi connectivity index (χ4n) is 3.48. The number of hydroxylamine groups is 1. The average Bonchev–Trinajstić information content (AvgIpc) is 2.60. The molecule has 27 heavy (non-hydrogen) atoms. The molecule has 0 bridgehead atoms. The van der Waals surface area contributed by atoms with E-state index in [1.807, 2.05) is 6.92 Å². The molecule has 1 aromatic rings. The number of nitrogens with one attached hydrogen (secondary N) is 1. The van der Waals surface area contributed by atoms with E-state index in [4.69, 9.17) is 14.7 Å². The number of carbonyl (C=O) groups is 1. The molecule has 1 aromatic carbocycles. The summed E-state index contributed by atoms with van der Waals surface area (Å²) in [6, 6.07) is 6.07. The van der Waals surface area contributed by atoms with E-state index >= 15 is 0 Å². The molecule has 7 nitrogen and oxygen atoms in total. The van der Waals surface area contributed by atoms with Gasteiger partial charge in [0, 0.05) is 13.2 Å². The highest BCUT2D eigenvalue weighted by Crippen LogP contribution is 2.36. The van der Waals surface area contributed by atoms with Crippen LogP contribution in [0.25, 0.3) is 0 Å². The van der Waals surface area contributed by atoms with Crippen molar-refractivity contribution in [2.75, 3.05) is 13.2 Å². The fourth-order valence-corrected chi connectivity index (χ4v) is 5.42. The molecule has 1 saturated heterocycles. The molecular weight excluding hydrogens is 370 g/mol. The molecule has 152 valence electrons. The number of benzene rings is 1. The summed E-state index contributed by atoms with van der Waals surface area (Å²) in [7, 11) is -4.02. The second kappa shape index (κ2) is 8.16. The number of sulfone groups is 1. The van der Waals surface area contributed by atoms with Crippen LogP contribution in [0.1, 0.15) is 47.0 Å². The molecule has 1 amide bonds. The molecule has 1 aliphatic heterocycles. The summed E-state index contributed by atoms with van der Waals surface area (Å²) < 4.78 is 35.7. The SMILES string of the molecule is CC(CC(C)(C)C)Oc1ccc(S(=O)(=O)C2(C(=O)NO)CCOCC2)cc1. The van der Waals surface area contributed by atoms with Crippen molar-refractivity contribution in [1.82, 2.24) is 5.48 Å². The predicted molar refractivity (Wildman–Crippen MR) is 101 cm³/mol. The molecule has 1 heterocycles. The van der Waals surface area contributed by atoms with E-state index < -0.39 is 20.5 Å². The molecular formula is C19H29NO6S. The van der Waals surface area contributed by atoms with Crippen LogP contribution in [-0.2, 0) is 19.4 Å². The van der Waals surface area contributed by atoms with Crippen LogP contribution < -0.4 is 10.2 Å². The van der Waals surface area contributed by atoms with Gasteiger partial charge < -0.3 is 9.47 Å². The second-order valence-corrected chi connectivity index (χ2v) is 10.5. The Bertz CT molecular complexity index is 745. The van der Waals surface area contributed by atoms with Crippen molar-refractivity contribution in [2.24, 2.45) is 5.41 Å². The summed E-state index contributed by atoms with van der Waals surface area (Å²) in [5, 5.41) is 9.07. The average molecular weight is 400 g/mol. The lowest BCUT2D eigenvalue weighted by atomic mass is 9.90. The van der Waals surface area contributed by atoms with E-state index in [1.54, 1.807) is 12.1 Å². The van der Waals surface area contributed by atoms with Crippen LogP contribution in [-0.4, -0.2) is 43.6 Å². The molecule has 2 rings (SSSR count). The number of hydrogen-bond donors (Lipinski definition) is 2. The Morgan fingerprint density at radius 1 is 1.26 bits per heavy atom. The molecule has 2 N–H and O–H groups in total. The first-order valence-corrected chi connectivity index (χ1v) is 10.5. The smallest absolute Gasteiger partial charge is 0.265 e. The van der Waals surface area contributed by atoms with Crippen molar-refractivity contribution in [3.8, 4) is 5.75 Å². The zero-order chi connectivity index (χ0) is 20.3. The first-order valence-electron chi connectivity index (χ1n) is 9.05. The van der Waals surface area contributed by atoms with Gasteiger partial charge in [-0.1, -0.05) is 20.8 Å². The highest BCUT2D eigenvalue weighted by atomic mass is 32.2. The second-order valence-electron chi connectivity index (χ2n) is 8.22. The predicted octanol–water partition coefficient (Wildman–Crippen LogP) is 2.72. The number of ether oxygens (including phenoxy) is 2. The summed E-state index contributed by atoms with van der Waals surface area (Å²) in [5.74, 6) is -0.358. The number of hydrogen-bond acceptors (Lipinski definition) is 6. The van der Waals surface area contributed by atoms with Crippen LogP contribution in [0.3, 0.4) is 0 Å². The number of amides is 1. The van der Waals surface area contributed by atoms with E-state index in [0.29, 0.717) is 5.75 Å². The highest BCUT2D eigenvalue weighted by Gasteiger charge is 2.52. The van der Waals surface area contributed by atoms with E-state index in [9.17, 15) is 13.2 Å². The minimum atomic E-state index is -4.02. The Morgan fingerprint density at radius 3 is 2.30 bits per heavy atom. The zero-order valence-corrected chi connectivity index (χ0v) is 17.1. The van der Waals surface area contributed by atoms with Crippen LogP contribution >= 0.6 is 0 Å². The molecule has 1 fully saturated rings. The van der Waals surface area contributed by atoms with Crippen molar-refractivity contribution in [3.63, 3.8) is 0 Å². The Balaban J connectivity index is 2.25. The first kappa shape index (κ1) is 21.7. The van der Waals surface area contributed by atoms with Gasteiger partial charge in [0.05, 0.1) is 11.0 Å². The van der Waals surface area contributed by atoms with Crippen molar-refractivity contribution in [1.29, 1.82) is 0 Å². The number of rotatable bonds is 6. The normalized spacial score (nSPS) is 18.6. The fraction of sp³-hybridized carbons (Fsp3) is 0.632. The van der Waals surface area contributed by atoms with E-state index in [0.717, 1.165) is 6.42 Å². The molecule has 1 aliphatic rings. The van der Waals surface area contributed by atoms with Crippen molar-refractivity contribution >= 4 is 15.7 Å². The Morgan fingerprint density at radius 2 is 1.81 bits per heavy atom. The molecule has 0 aromatic heterocycles. The van der Waals surface area contributed by atoms with Crippen LogP contribution in [0, 0.1) is 5.41 Å². The van der Waals surface area contributed by atoms with Gasteiger partial charge in [0.1, 0.15) is 5.75 Å². The van der Waals surface area contributed by atoms with Gasteiger partial charge in [0.25, 0.3) is 5.91 Å². The van der Waals surface area contributed by atoms with Gasteiger partial charge in [-0.25, -0.2) is 13.9 Å². The molecule has 1 atom stereocenters. The topological polar surface area (TPSA) is 102 Å². The lowest BCUT2D eigenvalue weighted by molar-refractivity contribution is -0.134. The maximum Gasteiger partial charge on any atom is 0.265 e. The van der Waals surface area contributed by atoms with Crippen molar-refractivity contribution in [2.45, 2.75) is 62.7 Å². The lowest BCUT2D eigenvalue weighted by Crippen LogP contribution is -2.54. The standard InChI is InChI=1S/C19H29NO6S/c1-14(13-18(2,3)4)26-15-5-7-16(8-6-15)27(23,24)19(17(21)20-22)9-11-25-12-10-19/h5-8,14,22H,9-13H2,1-4H3,(H,20,21). The molecule has 1 unspecified atom stereocenters. The van der Waals surface area contributed by atoms with Crippen LogP contribution in [0.5, 0.6) is 5.75 Å². The van der Waals surface area contributed by atoms with Gasteiger partial charge in [-0.2, -0.15) is 0 Å². The Hall–Kier alpha value is -1.64. The van der Waals surface area contributed by atoms with Gasteiger partial charge in [0.2, 0.25) is 0 Å². The molecule has 0 radical (unpaired) electrons. The summed E-state index contributed by atoms with van der Waals surface area (Å²) in [6.45, 7) is 8.63. The quantitative estimate of drug-likeness (QED) is 0.563. The maximum absolute atomic E-state index is 13.2. The number of carbonyl (C=O) groups excluding carboxylic acids is 1. The van der Waals surface area contributed by atoms with Gasteiger partial charge in [-0.05, 0) is 55.9 Å². The molecule has 0 saturated carbocycles. The summed E-state index contributed by atoms with van der Waals surface area (Å²) in [5.41, 5.74) is 1.63. The Labute approximate surface area is 160 Å². The minimum Gasteiger partial charge on any atom is -0.491 e. The summed E-state index contributed by atoms with van der Waals surface area (Å²) in [6.07, 6.45) is 0.812. The van der Waals surface area contributed by atoms with Gasteiger partial charge >= 0.3 is 0 Å². The van der Waals surface area contributed by atoms with E-state index in [-0.39, 0.29) is 42.5 Å². The third-order valence-corrected chi connectivity index (χ3v) is 7.22.